The number of rotatable bonds is 8. The standard InChI is InChI=1S/C63H42N2S/c1-5-18-43(19-6-1)45-20-17-27-51(40-45)65(49-25-11-4-12-26-49)52-37-39-55-59(42-52)63(62-61(55)56-29-14-16-31-60(56)66-62)57-30-15-13-28-53(57)54-38-34-46(41-58(54)63)44-32-35-50(36-33-44)64(47-21-7-2-8-22-47)48-23-9-3-10-24-48/h1-42H. The molecule has 0 saturated heterocycles. The lowest BCUT2D eigenvalue weighted by Crippen LogP contribution is -2.25. The molecule has 1 unspecified atom stereocenters. The van der Waals surface area contributed by atoms with Crippen molar-refractivity contribution in [3.63, 3.8) is 0 Å². The molecule has 10 aromatic carbocycles. The fourth-order valence-corrected chi connectivity index (χ4v) is 12.2. The maximum atomic E-state index is 2.51. The van der Waals surface area contributed by atoms with Gasteiger partial charge in [-0.2, -0.15) is 0 Å². The van der Waals surface area contributed by atoms with Crippen molar-refractivity contribution < 1.29 is 0 Å². The highest BCUT2D eigenvalue weighted by molar-refractivity contribution is 7.20. The summed E-state index contributed by atoms with van der Waals surface area (Å²) in [6.07, 6.45) is 0. The number of anilines is 6. The van der Waals surface area contributed by atoms with Crippen LogP contribution in [0.5, 0.6) is 0 Å². The van der Waals surface area contributed by atoms with Crippen LogP contribution in [0.3, 0.4) is 0 Å². The van der Waals surface area contributed by atoms with Crippen LogP contribution < -0.4 is 9.80 Å². The summed E-state index contributed by atoms with van der Waals surface area (Å²) >= 11 is 1.96. The van der Waals surface area contributed by atoms with Crippen molar-refractivity contribution in [2.45, 2.75) is 5.41 Å². The van der Waals surface area contributed by atoms with Gasteiger partial charge in [-0.15, -0.1) is 11.3 Å². The first-order chi connectivity index (χ1) is 32.7. The number of hydrogen-bond acceptors (Lipinski definition) is 3. The molecule has 1 atom stereocenters. The number of hydrogen-bond donors (Lipinski definition) is 0. The molecule has 0 radical (unpaired) electrons. The van der Waals surface area contributed by atoms with E-state index in [4.69, 9.17) is 0 Å². The van der Waals surface area contributed by atoms with Crippen LogP contribution in [0.2, 0.25) is 0 Å². The minimum Gasteiger partial charge on any atom is -0.311 e. The molecule has 2 aliphatic rings. The van der Waals surface area contributed by atoms with Gasteiger partial charge in [-0.1, -0.05) is 170 Å². The van der Waals surface area contributed by atoms with Gasteiger partial charge >= 0.3 is 0 Å². The third-order valence-electron chi connectivity index (χ3n) is 13.6. The molecule has 13 rings (SSSR count). The Morgan fingerprint density at radius 1 is 0.288 bits per heavy atom. The van der Waals surface area contributed by atoms with Crippen molar-refractivity contribution in [2.75, 3.05) is 9.80 Å². The molecule has 310 valence electrons. The van der Waals surface area contributed by atoms with Gasteiger partial charge in [-0.25, -0.2) is 0 Å². The second-order valence-electron chi connectivity index (χ2n) is 17.2. The number of nitrogens with zero attached hydrogens (tertiary/aromatic N) is 2. The zero-order chi connectivity index (χ0) is 43.6. The van der Waals surface area contributed by atoms with Crippen LogP contribution >= 0.6 is 11.3 Å². The third kappa shape index (κ3) is 5.94. The third-order valence-corrected chi connectivity index (χ3v) is 14.9. The average Bonchev–Trinajstić information content (AvgIpc) is 4.01. The molecule has 2 nitrogen and oxygen atoms in total. The molecule has 66 heavy (non-hydrogen) atoms. The van der Waals surface area contributed by atoms with Gasteiger partial charge in [0.1, 0.15) is 0 Å². The van der Waals surface area contributed by atoms with E-state index in [0.717, 1.165) is 34.1 Å². The van der Waals surface area contributed by atoms with Gasteiger partial charge in [0.05, 0.1) is 5.41 Å². The Hall–Kier alpha value is -8.24. The van der Waals surface area contributed by atoms with Gasteiger partial charge in [0, 0.05) is 54.7 Å². The molecule has 3 heteroatoms. The van der Waals surface area contributed by atoms with Gasteiger partial charge in [-0.05, 0) is 141 Å². The number of para-hydroxylation sites is 3. The lowest BCUT2D eigenvalue weighted by atomic mass is 9.73. The van der Waals surface area contributed by atoms with E-state index in [1.54, 1.807) is 0 Å². The summed E-state index contributed by atoms with van der Waals surface area (Å²) in [6, 6.07) is 93.4. The molecular weight excluding hydrogens is 817 g/mol. The molecule has 0 fully saturated rings. The normalized spacial score (nSPS) is 14.1. The largest absolute Gasteiger partial charge is 0.311 e. The van der Waals surface area contributed by atoms with Crippen LogP contribution in [0, 0.1) is 0 Å². The SMILES string of the molecule is c1ccc(-c2cccc(N(c3ccccc3)c3ccc4c(c3)C3(c5ccccc5-c5ccc(-c6ccc(N(c7ccccc7)c7ccccc7)cc6)cc53)c3sc5ccccc5c3-4)c2)cc1. The second-order valence-corrected chi connectivity index (χ2v) is 18.3. The van der Waals surface area contributed by atoms with E-state index in [1.165, 1.54) is 76.2 Å². The van der Waals surface area contributed by atoms with Crippen molar-refractivity contribution in [1.29, 1.82) is 0 Å². The quantitative estimate of drug-likeness (QED) is 0.150. The molecule has 0 saturated carbocycles. The maximum Gasteiger partial charge on any atom is 0.0820 e. The Labute approximate surface area is 389 Å². The van der Waals surface area contributed by atoms with Crippen molar-refractivity contribution in [3.8, 4) is 44.5 Å². The topological polar surface area (TPSA) is 6.48 Å². The smallest absolute Gasteiger partial charge is 0.0820 e. The Balaban J connectivity index is 1.01. The maximum absolute atomic E-state index is 2.51. The zero-order valence-corrected chi connectivity index (χ0v) is 36.9. The summed E-state index contributed by atoms with van der Waals surface area (Å²) in [4.78, 5) is 6.15. The van der Waals surface area contributed by atoms with Crippen LogP contribution in [0.25, 0.3) is 54.6 Å². The molecule has 0 amide bonds. The Morgan fingerprint density at radius 2 is 0.742 bits per heavy atom. The summed E-state index contributed by atoms with van der Waals surface area (Å²) in [6.45, 7) is 0. The van der Waals surface area contributed by atoms with E-state index >= 15 is 0 Å². The predicted octanol–water partition coefficient (Wildman–Crippen LogP) is 17.5. The van der Waals surface area contributed by atoms with Crippen LogP contribution in [-0.4, -0.2) is 0 Å². The van der Waals surface area contributed by atoms with Crippen LogP contribution in [-0.2, 0) is 5.41 Å². The first-order valence-corrected chi connectivity index (χ1v) is 23.5. The van der Waals surface area contributed by atoms with E-state index in [2.05, 4.69) is 265 Å². The van der Waals surface area contributed by atoms with Crippen molar-refractivity contribution in [2.24, 2.45) is 0 Å². The van der Waals surface area contributed by atoms with E-state index in [-0.39, 0.29) is 0 Å². The highest BCUT2D eigenvalue weighted by Gasteiger charge is 2.53. The van der Waals surface area contributed by atoms with Gasteiger partial charge in [-0.3, -0.25) is 0 Å². The van der Waals surface area contributed by atoms with Crippen molar-refractivity contribution in [3.05, 3.63) is 276 Å². The first kappa shape index (κ1) is 38.2. The van der Waals surface area contributed by atoms with Crippen LogP contribution in [0.15, 0.2) is 255 Å². The first-order valence-electron chi connectivity index (χ1n) is 22.7. The van der Waals surface area contributed by atoms with Gasteiger partial charge in [0.25, 0.3) is 0 Å². The number of thiophene rings is 1. The summed E-state index contributed by atoms with van der Waals surface area (Å²) in [7, 11) is 0. The molecule has 1 spiro atoms. The lowest BCUT2D eigenvalue weighted by Gasteiger charge is -2.32. The molecule has 11 aromatic rings. The molecule has 0 N–H and O–H groups in total. The minimum absolute atomic E-state index is 0.530. The molecule has 1 heterocycles. The van der Waals surface area contributed by atoms with Crippen molar-refractivity contribution >= 4 is 55.5 Å². The predicted molar refractivity (Wildman–Crippen MR) is 278 cm³/mol. The van der Waals surface area contributed by atoms with E-state index in [1.807, 2.05) is 11.3 Å². The zero-order valence-electron chi connectivity index (χ0n) is 36.1. The molecule has 0 aliphatic heterocycles. The monoisotopic (exact) mass is 858 g/mol. The molecule has 2 aliphatic carbocycles. The highest BCUT2D eigenvalue weighted by atomic mass is 32.1. The van der Waals surface area contributed by atoms with Gasteiger partial charge in [0.2, 0.25) is 0 Å². The molecule has 1 aromatic heterocycles. The summed E-state index contributed by atoms with van der Waals surface area (Å²) in [5, 5.41) is 1.32. The Kier molecular flexibility index (Phi) is 8.97. The van der Waals surface area contributed by atoms with Crippen LogP contribution in [0.4, 0.5) is 34.1 Å². The lowest BCUT2D eigenvalue weighted by molar-refractivity contribution is 0.812. The Bertz CT molecular complexity index is 3540. The molecule has 0 bridgehead atoms. The number of fused-ring (bicyclic) bond motifs is 12. The summed E-state index contributed by atoms with van der Waals surface area (Å²) in [5.41, 5.74) is 20.2. The minimum atomic E-state index is -0.530. The second kappa shape index (κ2) is 15.5. The summed E-state index contributed by atoms with van der Waals surface area (Å²) < 4.78 is 1.32. The van der Waals surface area contributed by atoms with Gasteiger partial charge < -0.3 is 9.80 Å². The van der Waals surface area contributed by atoms with Crippen molar-refractivity contribution in [1.82, 2.24) is 0 Å². The fourth-order valence-electron chi connectivity index (χ4n) is 10.8. The number of benzene rings is 10. The average molecular weight is 859 g/mol. The summed E-state index contributed by atoms with van der Waals surface area (Å²) in [5.74, 6) is 0. The highest BCUT2D eigenvalue weighted by Crippen LogP contribution is 2.67. The Morgan fingerprint density at radius 3 is 1.45 bits per heavy atom. The fraction of sp³-hybridized carbons (Fsp3) is 0.0159. The molecular formula is C63H42N2S. The van der Waals surface area contributed by atoms with E-state index in [9.17, 15) is 0 Å². The van der Waals surface area contributed by atoms with E-state index in [0.29, 0.717) is 0 Å². The van der Waals surface area contributed by atoms with Gasteiger partial charge in [0.15, 0.2) is 0 Å². The van der Waals surface area contributed by atoms with Crippen LogP contribution in [0.1, 0.15) is 21.6 Å². The van der Waals surface area contributed by atoms with E-state index < -0.39 is 5.41 Å².